The maximum atomic E-state index is 13.7. The van der Waals surface area contributed by atoms with Crippen LogP contribution in [-0.4, -0.2) is 29.5 Å². The van der Waals surface area contributed by atoms with Crippen LogP contribution in [0.3, 0.4) is 0 Å². The number of aromatic nitrogens is 6. The Hall–Kier alpha value is -4.96. The SMILES string of the molecule is Cc1nc2ccccc2nc1C1c2c(c3ccccc3oc2=O)Oc2ncn3nc(-c4ccc(Br)cc4)nc3c21. The molecule has 1 unspecified atom stereocenters. The zero-order chi connectivity index (χ0) is 27.0. The molecule has 1 aliphatic rings. The van der Waals surface area contributed by atoms with Crippen molar-refractivity contribution < 1.29 is 9.15 Å². The van der Waals surface area contributed by atoms with Crippen molar-refractivity contribution in [2.75, 3.05) is 0 Å². The van der Waals surface area contributed by atoms with Gasteiger partial charge in [0.1, 0.15) is 11.9 Å². The summed E-state index contributed by atoms with van der Waals surface area (Å²) < 4.78 is 14.7. The first-order valence-corrected chi connectivity index (χ1v) is 13.3. The van der Waals surface area contributed by atoms with E-state index in [1.165, 1.54) is 0 Å². The number of hydrogen-bond donors (Lipinski definition) is 0. The second-order valence-corrected chi connectivity index (χ2v) is 10.4. The van der Waals surface area contributed by atoms with Gasteiger partial charge in [0.2, 0.25) is 5.88 Å². The quantitative estimate of drug-likeness (QED) is 0.220. The molecule has 0 amide bonds. The second-order valence-electron chi connectivity index (χ2n) is 9.52. The Bertz CT molecular complexity index is 2210. The first-order valence-electron chi connectivity index (χ1n) is 12.5. The molecule has 9 nitrogen and oxygen atoms in total. The number of benzene rings is 3. The minimum absolute atomic E-state index is 0.321. The molecule has 4 aromatic heterocycles. The number of nitrogens with zero attached hydrogens (tertiary/aromatic N) is 6. The molecule has 10 heteroatoms. The van der Waals surface area contributed by atoms with Crippen LogP contribution < -0.4 is 10.4 Å². The zero-order valence-electron chi connectivity index (χ0n) is 20.9. The maximum absolute atomic E-state index is 13.7. The molecule has 192 valence electrons. The van der Waals surface area contributed by atoms with Crippen molar-refractivity contribution in [3.8, 4) is 23.0 Å². The lowest BCUT2D eigenvalue weighted by Gasteiger charge is -2.27. The van der Waals surface area contributed by atoms with E-state index in [-0.39, 0.29) is 0 Å². The topological polar surface area (TPSA) is 108 Å². The van der Waals surface area contributed by atoms with Gasteiger partial charge in [0.25, 0.3) is 0 Å². The minimum atomic E-state index is -0.713. The highest BCUT2D eigenvalue weighted by molar-refractivity contribution is 9.10. The average molecular weight is 589 g/mol. The smallest absolute Gasteiger partial charge is 0.344 e. The normalized spacial score (nSPS) is 14.3. The molecular weight excluding hydrogens is 572 g/mol. The highest BCUT2D eigenvalue weighted by atomic mass is 79.9. The molecular formula is C30H17BrN6O3. The largest absolute Gasteiger partial charge is 0.437 e. The van der Waals surface area contributed by atoms with Gasteiger partial charge in [-0.25, -0.2) is 29.2 Å². The molecule has 0 saturated carbocycles. The van der Waals surface area contributed by atoms with E-state index in [0.717, 1.165) is 15.6 Å². The van der Waals surface area contributed by atoms with Crippen LogP contribution in [0.15, 0.2) is 92.8 Å². The van der Waals surface area contributed by atoms with Gasteiger partial charge in [0, 0.05) is 10.0 Å². The van der Waals surface area contributed by atoms with Crippen molar-refractivity contribution in [1.82, 2.24) is 29.5 Å². The van der Waals surface area contributed by atoms with Gasteiger partial charge in [-0.1, -0.05) is 52.3 Å². The average Bonchev–Trinajstić information content (AvgIpc) is 3.41. The molecule has 5 heterocycles. The van der Waals surface area contributed by atoms with Gasteiger partial charge < -0.3 is 9.15 Å². The maximum Gasteiger partial charge on any atom is 0.344 e. The minimum Gasteiger partial charge on any atom is -0.437 e. The predicted molar refractivity (Wildman–Crippen MR) is 152 cm³/mol. The molecule has 0 fully saturated rings. The highest BCUT2D eigenvalue weighted by Gasteiger charge is 2.39. The number of halogens is 1. The van der Waals surface area contributed by atoms with E-state index in [1.54, 1.807) is 16.9 Å². The van der Waals surface area contributed by atoms with E-state index in [9.17, 15) is 4.79 Å². The summed E-state index contributed by atoms with van der Waals surface area (Å²) in [6, 6.07) is 22.7. The van der Waals surface area contributed by atoms with E-state index in [4.69, 9.17) is 24.1 Å². The molecule has 8 rings (SSSR count). The van der Waals surface area contributed by atoms with Crippen LogP contribution in [0.5, 0.6) is 11.6 Å². The lowest BCUT2D eigenvalue weighted by Crippen LogP contribution is -2.24. The van der Waals surface area contributed by atoms with E-state index in [0.29, 0.717) is 62.1 Å². The third-order valence-corrected chi connectivity index (χ3v) is 7.65. The molecule has 0 N–H and O–H groups in total. The first kappa shape index (κ1) is 23.0. The molecule has 0 aliphatic carbocycles. The monoisotopic (exact) mass is 588 g/mol. The van der Waals surface area contributed by atoms with Crippen molar-refractivity contribution in [2.24, 2.45) is 0 Å². The fourth-order valence-electron chi connectivity index (χ4n) is 5.30. The third kappa shape index (κ3) is 3.39. The Labute approximate surface area is 234 Å². The Morgan fingerprint density at radius 3 is 2.45 bits per heavy atom. The highest BCUT2D eigenvalue weighted by Crippen LogP contribution is 2.49. The zero-order valence-corrected chi connectivity index (χ0v) is 22.5. The number of aryl methyl sites for hydroxylation is 1. The number of fused-ring (bicyclic) bond motifs is 7. The summed E-state index contributed by atoms with van der Waals surface area (Å²) >= 11 is 3.47. The van der Waals surface area contributed by atoms with E-state index in [2.05, 4.69) is 26.0 Å². The predicted octanol–water partition coefficient (Wildman–Crippen LogP) is 6.20. The molecule has 1 atom stereocenters. The Balaban J connectivity index is 1.46. The Morgan fingerprint density at radius 2 is 1.62 bits per heavy atom. The van der Waals surface area contributed by atoms with Gasteiger partial charge in [-0.3, -0.25) is 0 Å². The summed E-state index contributed by atoms with van der Waals surface area (Å²) in [4.78, 5) is 33.0. The van der Waals surface area contributed by atoms with Gasteiger partial charge >= 0.3 is 5.63 Å². The fourth-order valence-corrected chi connectivity index (χ4v) is 5.56. The van der Waals surface area contributed by atoms with Crippen LogP contribution in [0.4, 0.5) is 0 Å². The molecule has 0 bridgehead atoms. The van der Waals surface area contributed by atoms with E-state index >= 15 is 0 Å². The lowest BCUT2D eigenvalue weighted by molar-refractivity contribution is 0.421. The van der Waals surface area contributed by atoms with Crippen molar-refractivity contribution in [2.45, 2.75) is 12.8 Å². The Morgan fingerprint density at radius 1 is 0.875 bits per heavy atom. The molecule has 40 heavy (non-hydrogen) atoms. The van der Waals surface area contributed by atoms with Crippen LogP contribution in [0.2, 0.25) is 0 Å². The fraction of sp³-hybridized carbons (Fsp3) is 0.0667. The summed E-state index contributed by atoms with van der Waals surface area (Å²) in [6.07, 6.45) is 1.57. The van der Waals surface area contributed by atoms with E-state index < -0.39 is 11.5 Å². The number of hydrogen-bond acceptors (Lipinski definition) is 8. The van der Waals surface area contributed by atoms with Gasteiger partial charge in [-0.2, -0.15) is 0 Å². The van der Waals surface area contributed by atoms with Crippen molar-refractivity contribution in [3.63, 3.8) is 0 Å². The number of para-hydroxylation sites is 3. The summed E-state index contributed by atoms with van der Waals surface area (Å²) in [6.45, 7) is 1.89. The van der Waals surface area contributed by atoms with Gasteiger partial charge in [0.05, 0.1) is 44.9 Å². The lowest BCUT2D eigenvalue weighted by atomic mass is 9.86. The van der Waals surface area contributed by atoms with Crippen LogP contribution in [0.25, 0.3) is 39.0 Å². The van der Waals surface area contributed by atoms with Crippen molar-refractivity contribution in [3.05, 3.63) is 117 Å². The van der Waals surface area contributed by atoms with Crippen LogP contribution in [-0.2, 0) is 0 Å². The van der Waals surface area contributed by atoms with Gasteiger partial charge in [-0.05, 0) is 43.3 Å². The van der Waals surface area contributed by atoms with Crippen LogP contribution in [0, 0.1) is 6.92 Å². The van der Waals surface area contributed by atoms with Gasteiger partial charge in [-0.15, -0.1) is 5.10 Å². The van der Waals surface area contributed by atoms with Crippen molar-refractivity contribution in [1.29, 1.82) is 0 Å². The summed E-state index contributed by atoms with van der Waals surface area (Å²) in [5.74, 6) is 0.516. The standard InChI is InChI=1S/C30H17BrN6O3/c1-15-25(34-20-8-4-3-7-19(20)33-15)22-23-26(18-6-2-5-9-21(18)39-30(23)38)40-29-24(22)28-35-27(36-37(28)14-32-29)16-10-12-17(31)13-11-16/h2-14,22H,1H3. The van der Waals surface area contributed by atoms with Crippen LogP contribution in [0.1, 0.15) is 28.4 Å². The van der Waals surface area contributed by atoms with Gasteiger partial charge in [0.15, 0.2) is 17.2 Å². The molecule has 0 radical (unpaired) electrons. The second kappa shape index (κ2) is 8.52. The summed E-state index contributed by atoms with van der Waals surface area (Å²) in [7, 11) is 0. The molecule has 0 saturated heterocycles. The molecule has 1 aliphatic heterocycles. The molecule has 3 aromatic carbocycles. The van der Waals surface area contributed by atoms with Crippen LogP contribution >= 0.6 is 15.9 Å². The Kier molecular flexibility index (Phi) is 4.89. The van der Waals surface area contributed by atoms with Crippen molar-refractivity contribution >= 4 is 43.6 Å². The third-order valence-electron chi connectivity index (χ3n) is 7.12. The number of rotatable bonds is 2. The van der Waals surface area contributed by atoms with E-state index in [1.807, 2.05) is 73.7 Å². The molecule has 7 aromatic rings. The molecule has 0 spiro atoms. The first-order chi connectivity index (χ1) is 19.5. The summed E-state index contributed by atoms with van der Waals surface area (Å²) in [5.41, 5.74) is 4.87. The summed E-state index contributed by atoms with van der Waals surface area (Å²) in [5, 5.41) is 5.35. The number of ether oxygens (including phenoxy) is 1.